The summed E-state index contributed by atoms with van der Waals surface area (Å²) in [7, 11) is 1.56. The summed E-state index contributed by atoms with van der Waals surface area (Å²) in [6.45, 7) is 0.897. The summed E-state index contributed by atoms with van der Waals surface area (Å²) in [5.41, 5.74) is 1.18. The Morgan fingerprint density at radius 2 is 2.00 bits per heavy atom. The van der Waals surface area contributed by atoms with E-state index in [1.165, 1.54) is 29.4 Å². The maximum atomic E-state index is 13.3. The molecule has 0 atom stereocenters. The number of anilines is 1. The molecule has 1 N–H and O–H groups in total. The van der Waals surface area contributed by atoms with Gasteiger partial charge in [-0.25, -0.2) is 4.98 Å². The van der Waals surface area contributed by atoms with E-state index in [0.717, 1.165) is 6.92 Å². The van der Waals surface area contributed by atoms with Crippen LogP contribution >= 0.6 is 0 Å². The number of alkyl halides is 2. The number of ether oxygens (including phenoxy) is 1. The Kier molecular flexibility index (Phi) is 5.28. The summed E-state index contributed by atoms with van der Waals surface area (Å²) in [4.78, 5) is 16.7. The van der Waals surface area contributed by atoms with Crippen molar-refractivity contribution in [1.82, 2.24) is 14.8 Å². The fourth-order valence-electron chi connectivity index (χ4n) is 2.92. The van der Waals surface area contributed by atoms with Gasteiger partial charge in [0.25, 0.3) is 5.91 Å². The lowest BCUT2D eigenvalue weighted by Gasteiger charge is -2.05. The van der Waals surface area contributed by atoms with Crippen molar-refractivity contribution in [3.63, 3.8) is 0 Å². The molecule has 3 heterocycles. The van der Waals surface area contributed by atoms with Gasteiger partial charge in [0.2, 0.25) is 0 Å². The molecule has 0 saturated carbocycles. The van der Waals surface area contributed by atoms with Crippen molar-refractivity contribution < 1.29 is 27.1 Å². The molecular weight excluding hydrogens is 410 g/mol. The quantitative estimate of drug-likeness (QED) is 0.464. The lowest BCUT2D eigenvalue weighted by molar-refractivity contribution is -0.00636. The first-order valence-electron chi connectivity index (χ1n) is 9.22. The molecule has 0 unspecified atom stereocenters. The third kappa shape index (κ3) is 4.47. The number of carbonyl (C=O) groups is 1. The van der Waals surface area contributed by atoms with Crippen LogP contribution in [-0.4, -0.2) is 27.8 Å². The van der Waals surface area contributed by atoms with E-state index in [4.69, 9.17) is 13.6 Å². The van der Waals surface area contributed by atoms with Crippen molar-refractivity contribution >= 4 is 11.6 Å². The van der Waals surface area contributed by atoms with Gasteiger partial charge in [-0.1, -0.05) is 0 Å². The zero-order chi connectivity index (χ0) is 22.0. The van der Waals surface area contributed by atoms with Crippen LogP contribution in [0.4, 0.5) is 14.5 Å². The number of furan rings is 1. The van der Waals surface area contributed by atoms with Gasteiger partial charge in [0.05, 0.1) is 25.5 Å². The molecule has 1 amide bonds. The highest BCUT2D eigenvalue weighted by Crippen LogP contribution is 2.29. The van der Waals surface area contributed by atoms with Gasteiger partial charge in [0.15, 0.2) is 23.6 Å². The van der Waals surface area contributed by atoms with Gasteiger partial charge in [-0.05, 0) is 36.4 Å². The number of amides is 1. The second kappa shape index (κ2) is 8.05. The number of methoxy groups -OCH3 is 1. The van der Waals surface area contributed by atoms with Crippen LogP contribution in [0.5, 0.6) is 5.75 Å². The molecule has 0 bridgehead atoms. The topological polar surface area (TPSA) is 95.3 Å². The molecule has 8 nitrogen and oxygen atoms in total. The molecule has 0 aliphatic heterocycles. The monoisotopic (exact) mass is 428 g/mol. The molecule has 1 aromatic carbocycles. The lowest BCUT2D eigenvalue weighted by atomic mass is 10.1. The zero-order valence-electron chi connectivity index (χ0n) is 16.6. The molecule has 4 aromatic rings. The van der Waals surface area contributed by atoms with Crippen molar-refractivity contribution in [2.75, 3.05) is 12.4 Å². The Morgan fingerprint density at radius 1 is 1.23 bits per heavy atom. The Morgan fingerprint density at radius 3 is 2.68 bits per heavy atom. The van der Waals surface area contributed by atoms with Crippen LogP contribution in [0.2, 0.25) is 0 Å². The maximum Gasteiger partial charge on any atom is 0.301 e. The molecular formula is C21H18F2N4O4. The van der Waals surface area contributed by atoms with Gasteiger partial charge in [-0.2, -0.15) is 13.9 Å². The molecule has 0 saturated heterocycles. The molecule has 0 aliphatic carbocycles. The van der Waals surface area contributed by atoms with Gasteiger partial charge in [-0.15, -0.1) is 0 Å². The SMILES string of the molecule is COc1ccc(-c2ocnc2C(=O)Nc2cnn(Cc3ccc(C(C)(F)F)o3)c2)cc1. The van der Waals surface area contributed by atoms with Crippen molar-refractivity contribution in [3.8, 4) is 17.1 Å². The standard InChI is InChI=1S/C21H18F2N4O4/c1-21(22,23)17-8-7-16(31-17)11-27-10-14(9-25-27)26-20(28)18-19(30-12-24-18)13-3-5-15(29-2)6-4-13/h3-10,12H,11H2,1-2H3,(H,26,28). The molecule has 0 aliphatic rings. The first kappa shape index (κ1) is 20.3. The van der Waals surface area contributed by atoms with E-state index in [2.05, 4.69) is 15.4 Å². The largest absolute Gasteiger partial charge is 0.497 e. The highest BCUT2D eigenvalue weighted by atomic mass is 19.3. The third-order valence-electron chi connectivity index (χ3n) is 4.44. The normalized spacial score (nSPS) is 11.5. The smallest absolute Gasteiger partial charge is 0.301 e. The fourth-order valence-corrected chi connectivity index (χ4v) is 2.92. The summed E-state index contributed by atoms with van der Waals surface area (Å²) in [6, 6.07) is 9.70. The van der Waals surface area contributed by atoms with Crippen molar-refractivity contribution in [1.29, 1.82) is 0 Å². The van der Waals surface area contributed by atoms with Crippen LogP contribution in [0.25, 0.3) is 11.3 Å². The van der Waals surface area contributed by atoms with Crippen molar-refractivity contribution in [3.05, 3.63) is 72.4 Å². The van der Waals surface area contributed by atoms with Gasteiger partial charge in [-0.3, -0.25) is 9.48 Å². The first-order chi connectivity index (χ1) is 14.8. The number of oxazole rings is 1. The number of nitrogens with one attached hydrogen (secondary N) is 1. The second-order valence-electron chi connectivity index (χ2n) is 6.79. The Balaban J connectivity index is 1.45. The van der Waals surface area contributed by atoms with E-state index in [-0.39, 0.29) is 12.2 Å². The minimum absolute atomic E-state index is 0.110. The minimum Gasteiger partial charge on any atom is -0.497 e. The average Bonchev–Trinajstić information content (AvgIpc) is 3.49. The number of rotatable bonds is 7. The summed E-state index contributed by atoms with van der Waals surface area (Å²) in [6.07, 6.45) is 4.18. The van der Waals surface area contributed by atoms with E-state index >= 15 is 0 Å². The number of aromatic nitrogens is 3. The second-order valence-corrected chi connectivity index (χ2v) is 6.79. The van der Waals surface area contributed by atoms with E-state index < -0.39 is 17.6 Å². The Hall–Kier alpha value is -3.95. The molecule has 4 rings (SSSR count). The van der Waals surface area contributed by atoms with Gasteiger partial charge in [0, 0.05) is 18.7 Å². The van der Waals surface area contributed by atoms with Gasteiger partial charge >= 0.3 is 5.92 Å². The van der Waals surface area contributed by atoms with Gasteiger partial charge < -0.3 is 18.9 Å². The zero-order valence-corrected chi connectivity index (χ0v) is 16.6. The summed E-state index contributed by atoms with van der Waals surface area (Å²) < 4.78 is 43.7. The van der Waals surface area contributed by atoms with E-state index in [1.54, 1.807) is 37.6 Å². The number of benzene rings is 1. The third-order valence-corrected chi connectivity index (χ3v) is 4.44. The van der Waals surface area contributed by atoms with Crippen LogP contribution in [-0.2, 0) is 12.5 Å². The number of nitrogens with zero attached hydrogens (tertiary/aromatic N) is 3. The average molecular weight is 428 g/mol. The number of hydrogen-bond donors (Lipinski definition) is 1. The van der Waals surface area contributed by atoms with Crippen LogP contribution in [0.15, 0.2) is 64.0 Å². The van der Waals surface area contributed by atoms with E-state index in [9.17, 15) is 13.6 Å². The van der Waals surface area contributed by atoms with Gasteiger partial charge in [0.1, 0.15) is 11.5 Å². The fraction of sp³-hybridized carbons (Fsp3) is 0.190. The maximum absolute atomic E-state index is 13.3. The molecule has 3 aromatic heterocycles. The van der Waals surface area contributed by atoms with E-state index in [0.29, 0.717) is 28.5 Å². The molecule has 0 radical (unpaired) electrons. The predicted molar refractivity (Wildman–Crippen MR) is 106 cm³/mol. The lowest BCUT2D eigenvalue weighted by Crippen LogP contribution is -2.13. The van der Waals surface area contributed by atoms with Crippen molar-refractivity contribution in [2.45, 2.75) is 19.4 Å². The Bertz CT molecular complexity index is 1190. The first-order valence-corrected chi connectivity index (χ1v) is 9.22. The number of halogens is 2. The van der Waals surface area contributed by atoms with Crippen LogP contribution in [0, 0.1) is 0 Å². The van der Waals surface area contributed by atoms with Crippen molar-refractivity contribution in [2.24, 2.45) is 0 Å². The predicted octanol–water partition coefficient (Wildman–Crippen LogP) is 4.55. The summed E-state index contributed by atoms with van der Waals surface area (Å²) in [5.74, 6) is -2.65. The Labute approximate surface area is 175 Å². The molecule has 0 spiro atoms. The highest BCUT2D eigenvalue weighted by Gasteiger charge is 2.28. The number of carbonyl (C=O) groups excluding carboxylic acids is 1. The molecule has 31 heavy (non-hydrogen) atoms. The van der Waals surface area contributed by atoms with Crippen LogP contribution < -0.4 is 10.1 Å². The molecule has 160 valence electrons. The molecule has 0 fully saturated rings. The number of hydrogen-bond acceptors (Lipinski definition) is 6. The molecule has 10 heteroatoms. The highest BCUT2D eigenvalue weighted by molar-refractivity contribution is 6.06. The van der Waals surface area contributed by atoms with E-state index in [1.807, 2.05) is 0 Å². The summed E-state index contributed by atoms with van der Waals surface area (Å²) >= 11 is 0. The summed E-state index contributed by atoms with van der Waals surface area (Å²) in [5, 5.41) is 6.81. The minimum atomic E-state index is -3.05. The van der Waals surface area contributed by atoms with Crippen LogP contribution in [0.3, 0.4) is 0 Å². The van der Waals surface area contributed by atoms with Crippen LogP contribution in [0.1, 0.15) is 28.9 Å².